The highest BCUT2D eigenvalue weighted by atomic mass is 16.6. The quantitative estimate of drug-likeness (QED) is 0.781. The second-order valence-corrected chi connectivity index (χ2v) is 6.56. The Labute approximate surface area is 113 Å². The van der Waals surface area contributed by atoms with Crippen LogP contribution < -0.4 is 0 Å². The molecule has 2 aliphatic carbocycles. The molecule has 0 heterocycles. The molecular formula is C15H22O4. The lowest BCUT2D eigenvalue weighted by molar-refractivity contribution is -0.165. The first kappa shape index (κ1) is 14.1. The molecule has 2 bridgehead atoms. The number of ether oxygens (including phenoxy) is 1. The second-order valence-electron chi connectivity index (χ2n) is 6.56. The van der Waals surface area contributed by atoms with E-state index in [2.05, 4.69) is 0 Å². The number of allylic oxidation sites excluding steroid dienone is 1. The summed E-state index contributed by atoms with van der Waals surface area (Å²) < 4.78 is 5.48. The highest BCUT2D eigenvalue weighted by Gasteiger charge is 2.45. The van der Waals surface area contributed by atoms with Crippen LogP contribution in [0.1, 0.15) is 46.5 Å². The molecule has 1 fully saturated rings. The Morgan fingerprint density at radius 3 is 2.58 bits per heavy atom. The van der Waals surface area contributed by atoms with Crippen LogP contribution in [0.25, 0.3) is 0 Å². The molecule has 106 valence electrons. The number of carbonyl (C=O) groups excluding carboxylic acids is 1. The van der Waals surface area contributed by atoms with Crippen LogP contribution in [-0.4, -0.2) is 22.6 Å². The van der Waals surface area contributed by atoms with Crippen molar-refractivity contribution in [2.24, 2.45) is 17.8 Å². The number of carboxylic acid groups (broad SMARTS) is 1. The molecular weight excluding hydrogens is 244 g/mol. The highest BCUT2D eigenvalue weighted by Crippen LogP contribution is 2.45. The monoisotopic (exact) mass is 266 g/mol. The Morgan fingerprint density at radius 2 is 2.00 bits per heavy atom. The number of hydrogen-bond acceptors (Lipinski definition) is 3. The van der Waals surface area contributed by atoms with Gasteiger partial charge >= 0.3 is 11.9 Å². The van der Waals surface area contributed by atoms with E-state index in [0.29, 0.717) is 12.0 Å². The van der Waals surface area contributed by atoms with Crippen molar-refractivity contribution in [3.63, 3.8) is 0 Å². The van der Waals surface area contributed by atoms with Gasteiger partial charge in [-0.25, -0.2) is 4.79 Å². The summed E-state index contributed by atoms with van der Waals surface area (Å²) in [4.78, 5) is 23.6. The van der Waals surface area contributed by atoms with Crippen LogP contribution in [0.15, 0.2) is 11.6 Å². The first-order chi connectivity index (χ1) is 8.79. The van der Waals surface area contributed by atoms with Gasteiger partial charge in [-0.15, -0.1) is 0 Å². The molecule has 4 nitrogen and oxygen atoms in total. The molecule has 19 heavy (non-hydrogen) atoms. The molecule has 0 aliphatic heterocycles. The van der Waals surface area contributed by atoms with E-state index < -0.39 is 11.6 Å². The van der Waals surface area contributed by atoms with Gasteiger partial charge in [0.2, 0.25) is 0 Å². The molecule has 0 amide bonds. The molecule has 1 N–H and O–H groups in total. The summed E-state index contributed by atoms with van der Waals surface area (Å²) in [5.41, 5.74) is -0.109. The van der Waals surface area contributed by atoms with Crippen LogP contribution >= 0.6 is 0 Å². The van der Waals surface area contributed by atoms with Crippen LogP contribution in [0.2, 0.25) is 0 Å². The summed E-state index contributed by atoms with van der Waals surface area (Å²) in [7, 11) is 0. The van der Waals surface area contributed by atoms with Crippen LogP contribution in [0.3, 0.4) is 0 Å². The molecule has 0 aromatic rings. The van der Waals surface area contributed by atoms with E-state index in [1.165, 1.54) is 0 Å². The van der Waals surface area contributed by atoms with Gasteiger partial charge in [-0.2, -0.15) is 0 Å². The van der Waals surface area contributed by atoms with E-state index in [1.807, 2.05) is 20.8 Å². The van der Waals surface area contributed by atoms with Crippen molar-refractivity contribution < 1.29 is 19.4 Å². The van der Waals surface area contributed by atoms with Crippen LogP contribution in [-0.2, 0) is 14.3 Å². The molecule has 0 saturated heterocycles. The number of rotatable bonds is 2. The van der Waals surface area contributed by atoms with Crippen molar-refractivity contribution in [3.8, 4) is 0 Å². The molecule has 4 heteroatoms. The SMILES string of the molecule is CC(C)(C)OC(=O)C1C2CC=C(C(=O)O)C1CCC2. The minimum atomic E-state index is -0.890. The lowest BCUT2D eigenvalue weighted by Gasteiger charge is -2.40. The van der Waals surface area contributed by atoms with E-state index in [1.54, 1.807) is 6.08 Å². The van der Waals surface area contributed by atoms with Gasteiger partial charge in [0, 0.05) is 11.5 Å². The van der Waals surface area contributed by atoms with Crippen LogP contribution in [0.4, 0.5) is 0 Å². The van der Waals surface area contributed by atoms with Crippen molar-refractivity contribution in [3.05, 3.63) is 11.6 Å². The maximum atomic E-state index is 12.4. The van der Waals surface area contributed by atoms with Crippen molar-refractivity contribution in [2.75, 3.05) is 0 Å². The number of fused-ring (bicyclic) bond motifs is 2. The number of esters is 1. The third kappa shape index (κ3) is 2.99. The zero-order valence-electron chi connectivity index (χ0n) is 11.8. The van der Waals surface area contributed by atoms with Crippen molar-refractivity contribution in [2.45, 2.75) is 52.1 Å². The number of aliphatic carboxylic acids is 1. The fraction of sp³-hybridized carbons (Fsp3) is 0.733. The Hall–Kier alpha value is -1.32. The zero-order chi connectivity index (χ0) is 14.2. The van der Waals surface area contributed by atoms with Gasteiger partial charge in [0.25, 0.3) is 0 Å². The van der Waals surface area contributed by atoms with E-state index in [-0.39, 0.29) is 23.7 Å². The van der Waals surface area contributed by atoms with Gasteiger partial charge in [0.05, 0.1) is 5.92 Å². The summed E-state index contributed by atoms with van der Waals surface area (Å²) in [5, 5.41) is 9.26. The van der Waals surface area contributed by atoms with Crippen LogP contribution in [0.5, 0.6) is 0 Å². The maximum absolute atomic E-state index is 12.4. The Bertz CT molecular complexity index is 416. The van der Waals surface area contributed by atoms with Crippen molar-refractivity contribution in [1.29, 1.82) is 0 Å². The first-order valence-electron chi connectivity index (χ1n) is 6.96. The standard InChI is InChI=1S/C15H22O4/c1-15(2,3)19-14(18)12-9-5-4-6-10(12)11(8-7-9)13(16)17/h8-10,12H,4-7H2,1-3H3,(H,16,17). The summed E-state index contributed by atoms with van der Waals surface area (Å²) in [6, 6.07) is 0. The molecule has 0 radical (unpaired) electrons. The van der Waals surface area contributed by atoms with Gasteiger partial charge in [-0.05, 0) is 46.0 Å². The Kier molecular flexibility index (Phi) is 3.70. The number of carbonyl (C=O) groups is 2. The molecule has 3 unspecified atom stereocenters. The largest absolute Gasteiger partial charge is 0.478 e. The molecule has 1 saturated carbocycles. The average Bonchev–Trinajstić information content (AvgIpc) is 2.25. The maximum Gasteiger partial charge on any atom is 0.331 e. The zero-order valence-corrected chi connectivity index (χ0v) is 11.8. The fourth-order valence-electron chi connectivity index (χ4n) is 3.30. The minimum Gasteiger partial charge on any atom is -0.478 e. The van der Waals surface area contributed by atoms with Crippen molar-refractivity contribution >= 4 is 11.9 Å². The Balaban J connectivity index is 2.23. The Morgan fingerprint density at radius 1 is 1.32 bits per heavy atom. The highest BCUT2D eigenvalue weighted by molar-refractivity contribution is 5.89. The average molecular weight is 266 g/mol. The summed E-state index contributed by atoms with van der Waals surface area (Å²) in [6.45, 7) is 5.53. The van der Waals surface area contributed by atoms with E-state index in [4.69, 9.17) is 4.74 Å². The molecule has 3 atom stereocenters. The lowest BCUT2D eigenvalue weighted by Crippen LogP contribution is -2.42. The normalized spacial score (nSPS) is 30.5. The smallest absolute Gasteiger partial charge is 0.331 e. The van der Waals surface area contributed by atoms with E-state index in [0.717, 1.165) is 19.3 Å². The lowest BCUT2D eigenvalue weighted by atomic mass is 9.64. The van der Waals surface area contributed by atoms with Crippen LogP contribution in [0, 0.1) is 17.8 Å². The van der Waals surface area contributed by atoms with Gasteiger partial charge in [0.15, 0.2) is 0 Å². The first-order valence-corrected chi connectivity index (χ1v) is 6.96. The predicted octanol–water partition coefficient (Wildman–Crippen LogP) is 2.78. The molecule has 2 aliphatic rings. The van der Waals surface area contributed by atoms with E-state index in [9.17, 15) is 14.7 Å². The fourth-order valence-corrected chi connectivity index (χ4v) is 3.30. The number of carboxylic acids is 1. The summed E-state index contributed by atoms with van der Waals surface area (Å²) in [6.07, 6.45) is 5.25. The van der Waals surface area contributed by atoms with E-state index >= 15 is 0 Å². The molecule has 0 aromatic heterocycles. The minimum absolute atomic E-state index is 0.167. The molecule has 2 rings (SSSR count). The third-order valence-corrected chi connectivity index (χ3v) is 4.00. The topological polar surface area (TPSA) is 63.6 Å². The van der Waals surface area contributed by atoms with Gasteiger partial charge in [-0.1, -0.05) is 12.5 Å². The predicted molar refractivity (Wildman–Crippen MR) is 70.5 cm³/mol. The third-order valence-electron chi connectivity index (χ3n) is 4.00. The van der Waals surface area contributed by atoms with Crippen molar-refractivity contribution in [1.82, 2.24) is 0 Å². The van der Waals surface area contributed by atoms with Gasteiger partial charge in [-0.3, -0.25) is 4.79 Å². The van der Waals surface area contributed by atoms with Gasteiger partial charge in [0.1, 0.15) is 5.60 Å². The number of hydrogen-bond donors (Lipinski definition) is 1. The summed E-state index contributed by atoms with van der Waals surface area (Å²) in [5.74, 6) is -1.31. The summed E-state index contributed by atoms with van der Waals surface area (Å²) >= 11 is 0. The van der Waals surface area contributed by atoms with Gasteiger partial charge < -0.3 is 9.84 Å². The molecule has 0 spiro atoms. The molecule has 0 aromatic carbocycles. The second kappa shape index (κ2) is 4.99.